The van der Waals surface area contributed by atoms with Crippen molar-refractivity contribution in [1.82, 2.24) is 4.90 Å². The van der Waals surface area contributed by atoms with Crippen LogP contribution in [0.1, 0.15) is 38.3 Å². The number of hydrogen-bond donors (Lipinski definition) is 1. The number of benzene rings is 1. The number of nitrogens with zero attached hydrogens (tertiary/aromatic N) is 1. The third kappa shape index (κ3) is 1.74. The van der Waals surface area contributed by atoms with Gasteiger partial charge < -0.3 is 19.5 Å². The van der Waals surface area contributed by atoms with Gasteiger partial charge in [0.25, 0.3) is 0 Å². The molecule has 5 aliphatic rings. The average Bonchev–Trinajstić information content (AvgIpc) is 3.04. The number of hydrogen-bond acceptors (Lipinski definition) is 5. The van der Waals surface area contributed by atoms with Crippen LogP contribution in [0.4, 0.5) is 0 Å². The summed E-state index contributed by atoms with van der Waals surface area (Å²) in [6.07, 6.45) is 5.28. The van der Waals surface area contributed by atoms with Crippen LogP contribution in [0, 0.1) is 16.7 Å². The van der Waals surface area contributed by atoms with Crippen molar-refractivity contribution in [3.05, 3.63) is 35.4 Å². The van der Waals surface area contributed by atoms with E-state index in [1.807, 2.05) is 32.9 Å². The molecule has 6 atom stereocenters. The molecule has 2 fully saturated rings. The van der Waals surface area contributed by atoms with Crippen molar-refractivity contribution >= 4 is 5.97 Å². The van der Waals surface area contributed by atoms with Crippen LogP contribution in [0.5, 0.6) is 11.5 Å². The normalized spacial score (nSPS) is 41.8. The second-order valence-corrected chi connectivity index (χ2v) is 10.6. The molecule has 28 heavy (non-hydrogen) atoms. The molecule has 1 saturated carbocycles. The summed E-state index contributed by atoms with van der Waals surface area (Å²) < 4.78 is 12.2. The van der Waals surface area contributed by atoms with Crippen molar-refractivity contribution in [3.63, 3.8) is 0 Å². The van der Waals surface area contributed by atoms with Gasteiger partial charge in [-0.3, -0.25) is 4.79 Å². The van der Waals surface area contributed by atoms with Gasteiger partial charge in [0, 0.05) is 34.9 Å². The Bertz CT molecular complexity index is 947. The minimum Gasteiger partial charge on any atom is -0.482 e. The number of fused-ring (bicyclic) bond motifs is 1. The van der Waals surface area contributed by atoms with Gasteiger partial charge in [-0.25, -0.2) is 0 Å². The molecule has 6 unspecified atom stereocenters. The summed E-state index contributed by atoms with van der Waals surface area (Å²) in [6.45, 7) is 6.65. The fourth-order valence-electron chi connectivity index (χ4n) is 7.06. The van der Waals surface area contributed by atoms with E-state index in [9.17, 15) is 9.90 Å². The number of carbonyl (C=O) groups excluding carboxylic acids is 1. The molecule has 0 aromatic heterocycles. The summed E-state index contributed by atoms with van der Waals surface area (Å²) in [4.78, 5) is 15.0. The molecular formula is C23H27NO4. The molecule has 1 aromatic carbocycles. The average molecular weight is 381 g/mol. The Hall–Kier alpha value is -1.85. The van der Waals surface area contributed by atoms with Gasteiger partial charge in [0.15, 0.2) is 11.5 Å². The molecule has 3 aliphatic carbocycles. The highest BCUT2D eigenvalue weighted by Crippen LogP contribution is 2.72. The SMILES string of the molecule is CN1CC23Cc4ccc(OC(=O)C(C)(C)C)c5c4C4(C2)C(C=CC(O)C4O5)C13. The fourth-order valence-corrected chi connectivity index (χ4v) is 7.06. The smallest absolute Gasteiger partial charge is 0.316 e. The summed E-state index contributed by atoms with van der Waals surface area (Å²) in [7, 11) is 2.21. The Kier molecular flexibility index (Phi) is 2.94. The monoisotopic (exact) mass is 381 g/mol. The highest BCUT2D eigenvalue weighted by molar-refractivity contribution is 5.79. The molecule has 148 valence electrons. The molecular weight excluding hydrogens is 354 g/mol. The van der Waals surface area contributed by atoms with Crippen LogP contribution in [0.3, 0.4) is 0 Å². The summed E-state index contributed by atoms with van der Waals surface area (Å²) in [5, 5.41) is 10.8. The molecule has 1 N–H and O–H groups in total. The van der Waals surface area contributed by atoms with E-state index in [-0.39, 0.29) is 22.9 Å². The standard InChI is InChI=1S/C23H27NO4/c1-21(2,3)20(26)27-15-8-5-12-9-22-10-23-13(18(22)24(4)11-22)6-7-14(25)19(23)28-17(15)16(12)23/h5-8,13-14,18-19,25H,9-11H2,1-4H3. The molecule has 2 bridgehead atoms. The number of aliphatic hydroxyl groups excluding tert-OH is 1. The number of aliphatic hydroxyl groups is 1. The summed E-state index contributed by atoms with van der Waals surface area (Å²) >= 11 is 0. The van der Waals surface area contributed by atoms with Crippen LogP contribution >= 0.6 is 0 Å². The number of carbonyl (C=O) groups is 1. The second kappa shape index (κ2) is 4.82. The Morgan fingerprint density at radius 2 is 2.11 bits per heavy atom. The lowest BCUT2D eigenvalue weighted by Crippen LogP contribution is -2.62. The third-order valence-electron chi connectivity index (χ3n) is 7.86. The molecule has 2 heterocycles. The van der Waals surface area contributed by atoms with E-state index in [1.54, 1.807) is 0 Å². The first kappa shape index (κ1) is 17.0. The largest absolute Gasteiger partial charge is 0.482 e. The predicted molar refractivity (Wildman–Crippen MR) is 103 cm³/mol. The van der Waals surface area contributed by atoms with Crippen molar-refractivity contribution < 1.29 is 19.4 Å². The Morgan fingerprint density at radius 1 is 1.32 bits per heavy atom. The van der Waals surface area contributed by atoms with Gasteiger partial charge in [0.1, 0.15) is 12.2 Å². The summed E-state index contributed by atoms with van der Waals surface area (Å²) in [5.41, 5.74) is 1.97. The molecule has 6 rings (SSSR count). The van der Waals surface area contributed by atoms with E-state index in [0.717, 1.165) is 19.4 Å². The summed E-state index contributed by atoms with van der Waals surface area (Å²) in [5.74, 6) is 1.24. The molecule has 2 spiro atoms. The van der Waals surface area contributed by atoms with Crippen molar-refractivity contribution in [2.45, 2.75) is 57.3 Å². The molecule has 0 radical (unpaired) electrons. The van der Waals surface area contributed by atoms with Crippen LogP contribution in [-0.4, -0.2) is 47.8 Å². The molecule has 5 nitrogen and oxygen atoms in total. The lowest BCUT2D eigenvalue weighted by molar-refractivity contribution is -0.143. The minimum atomic E-state index is -0.638. The van der Waals surface area contributed by atoms with Crippen molar-refractivity contribution in [1.29, 1.82) is 0 Å². The molecule has 1 aromatic rings. The van der Waals surface area contributed by atoms with Crippen LogP contribution in [0.25, 0.3) is 0 Å². The second-order valence-electron chi connectivity index (χ2n) is 10.6. The van der Waals surface area contributed by atoms with Crippen LogP contribution in [0.2, 0.25) is 0 Å². The molecule has 2 aliphatic heterocycles. The zero-order chi connectivity index (χ0) is 19.6. The van der Waals surface area contributed by atoms with E-state index in [0.29, 0.717) is 23.5 Å². The lowest BCUT2D eigenvalue weighted by atomic mass is 9.60. The van der Waals surface area contributed by atoms with Gasteiger partial charge in [-0.15, -0.1) is 0 Å². The molecule has 5 heteroatoms. The van der Waals surface area contributed by atoms with Gasteiger partial charge in [0.05, 0.1) is 5.41 Å². The third-order valence-corrected chi connectivity index (χ3v) is 7.86. The van der Waals surface area contributed by atoms with Gasteiger partial charge in [-0.2, -0.15) is 0 Å². The highest BCUT2D eigenvalue weighted by Gasteiger charge is 2.75. The number of esters is 1. The maximum absolute atomic E-state index is 12.5. The summed E-state index contributed by atoms with van der Waals surface area (Å²) in [6, 6.07) is 4.50. The van der Waals surface area contributed by atoms with Crippen LogP contribution in [0.15, 0.2) is 24.3 Å². The predicted octanol–water partition coefficient (Wildman–Crippen LogP) is 2.44. The first-order valence-corrected chi connectivity index (χ1v) is 10.3. The van der Waals surface area contributed by atoms with Crippen molar-refractivity contribution in [2.24, 2.45) is 16.7 Å². The van der Waals surface area contributed by atoms with Crippen LogP contribution < -0.4 is 9.47 Å². The van der Waals surface area contributed by atoms with E-state index in [1.165, 1.54) is 11.1 Å². The quantitative estimate of drug-likeness (QED) is 0.460. The van der Waals surface area contributed by atoms with E-state index in [4.69, 9.17) is 9.47 Å². The fraction of sp³-hybridized carbons (Fsp3) is 0.609. The Balaban J connectivity index is 1.54. The first-order valence-electron chi connectivity index (χ1n) is 10.3. The maximum atomic E-state index is 12.5. The highest BCUT2D eigenvalue weighted by atomic mass is 16.6. The maximum Gasteiger partial charge on any atom is 0.316 e. The zero-order valence-electron chi connectivity index (χ0n) is 16.9. The van der Waals surface area contributed by atoms with Crippen LogP contribution in [-0.2, 0) is 16.6 Å². The number of rotatable bonds is 1. The van der Waals surface area contributed by atoms with Gasteiger partial charge in [0.2, 0.25) is 0 Å². The van der Waals surface area contributed by atoms with Crippen molar-refractivity contribution in [3.8, 4) is 11.5 Å². The Morgan fingerprint density at radius 3 is 2.82 bits per heavy atom. The van der Waals surface area contributed by atoms with Gasteiger partial charge in [-0.1, -0.05) is 18.2 Å². The number of likely N-dealkylation sites (tertiary alicyclic amines) is 1. The van der Waals surface area contributed by atoms with Gasteiger partial charge in [-0.05, 0) is 52.3 Å². The number of ether oxygens (including phenoxy) is 2. The van der Waals surface area contributed by atoms with E-state index < -0.39 is 11.5 Å². The lowest BCUT2D eigenvalue weighted by Gasteiger charge is -2.54. The van der Waals surface area contributed by atoms with Crippen molar-refractivity contribution in [2.75, 3.05) is 13.6 Å². The molecule has 0 amide bonds. The molecule has 1 saturated heterocycles. The topological polar surface area (TPSA) is 59.0 Å². The zero-order valence-corrected chi connectivity index (χ0v) is 16.9. The minimum absolute atomic E-state index is 0.212. The van der Waals surface area contributed by atoms with E-state index in [2.05, 4.69) is 24.1 Å². The first-order chi connectivity index (χ1) is 13.2. The van der Waals surface area contributed by atoms with E-state index >= 15 is 0 Å². The van der Waals surface area contributed by atoms with Gasteiger partial charge >= 0.3 is 5.97 Å². The Labute approximate surface area is 165 Å².